The van der Waals surface area contributed by atoms with Crippen LogP contribution in [0.25, 0.3) is 5.65 Å². The molecule has 144 valence electrons. The summed E-state index contributed by atoms with van der Waals surface area (Å²) in [6.07, 6.45) is 3.79. The maximum Gasteiger partial charge on any atom is 0.245 e. The minimum Gasteiger partial charge on any atom is -0.327 e. The number of hydrogen-bond donors (Lipinski definition) is 0. The molecule has 0 saturated carbocycles. The largest absolute Gasteiger partial charge is 0.327 e. The molecule has 6 nitrogen and oxygen atoms in total. The fraction of sp³-hybridized carbons (Fsp3) is 0.286. The van der Waals surface area contributed by atoms with Crippen molar-refractivity contribution in [1.29, 1.82) is 0 Å². The van der Waals surface area contributed by atoms with Crippen molar-refractivity contribution in [2.75, 3.05) is 6.54 Å². The molecule has 0 radical (unpaired) electrons. The molecular formula is C21H21FN4O2. The summed E-state index contributed by atoms with van der Waals surface area (Å²) in [5, 5.41) is 0. The Morgan fingerprint density at radius 2 is 2.00 bits per heavy atom. The van der Waals surface area contributed by atoms with Crippen molar-refractivity contribution in [1.82, 2.24) is 19.2 Å². The Balaban J connectivity index is 1.51. The van der Waals surface area contributed by atoms with E-state index in [2.05, 4.69) is 4.98 Å². The van der Waals surface area contributed by atoms with Crippen molar-refractivity contribution < 1.29 is 14.0 Å². The van der Waals surface area contributed by atoms with Gasteiger partial charge in [-0.3, -0.25) is 9.59 Å². The van der Waals surface area contributed by atoms with E-state index in [4.69, 9.17) is 0 Å². The van der Waals surface area contributed by atoms with Gasteiger partial charge in [0.2, 0.25) is 11.8 Å². The number of imidazole rings is 1. The molecule has 28 heavy (non-hydrogen) atoms. The highest BCUT2D eigenvalue weighted by Gasteiger charge is 2.36. The zero-order valence-electron chi connectivity index (χ0n) is 15.8. The van der Waals surface area contributed by atoms with Gasteiger partial charge >= 0.3 is 0 Å². The van der Waals surface area contributed by atoms with Crippen molar-refractivity contribution >= 4 is 17.5 Å². The highest BCUT2D eigenvalue weighted by Crippen LogP contribution is 2.19. The van der Waals surface area contributed by atoms with Crippen molar-refractivity contribution in [3.8, 4) is 0 Å². The predicted octanol–water partition coefficient (Wildman–Crippen LogP) is 2.54. The van der Waals surface area contributed by atoms with Crippen LogP contribution in [0.3, 0.4) is 0 Å². The maximum absolute atomic E-state index is 13.4. The Kier molecular flexibility index (Phi) is 4.58. The zero-order chi connectivity index (χ0) is 19.8. The molecule has 1 saturated heterocycles. The molecule has 2 aromatic heterocycles. The first kappa shape index (κ1) is 18.2. The Bertz CT molecular complexity index is 1060. The lowest BCUT2D eigenvalue weighted by Crippen LogP contribution is -2.58. The number of rotatable bonds is 4. The smallest absolute Gasteiger partial charge is 0.245 e. The van der Waals surface area contributed by atoms with Crippen LogP contribution in [0.5, 0.6) is 0 Å². The lowest BCUT2D eigenvalue weighted by atomic mass is 10.1. The first-order valence-corrected chi connectivity index (χ1v) is 9.18. The van der Waals surface area contributed by atoms with Gasteiger partial charge in [0.05, 0.1) is 12.2 Å². The fourth-order valence-electron chi connectivity index (χ4n) is 3.62. The number of carbonyl (C=O) groups is 2. The van der Waals surface area contributed by atoms with Crippen molar-refractivity contribution in [2.45, 2.75) is 33.0 Å². The van der Waals surface area contributed by atoms with E-state index in [1.807, 2.05) is 35.9 Å². The van der Waals surface area contributed by atoms with Gasteiger partial charge in [-0.05, 0) is 43.2 Å². The molecule has 4 rings (SSSR count). The molecule has 0 aliphatic carbocycles. The minimum absolute atomic E-state index is 0.0217. The highest BCUT2D eigenvalue weighted by molar-refractivity contribution is 5.94. The summed E-state index contributed by atoms with van der Waals surface area (Å²) in [7, 11) is 0. The maximum atomic E-state index is 13.4. The molecule has 1 atom stereocenters. The summed E-state index contributed by atoms with van der Waals surface area (Å²) in [5.74, 6) is -0.647. The molecule has 0 bridgehead atoms. The third-order valence-electron chi connectivity index (χ3n) is 5.11. The third-order valence-corrected chi connectivity index (χ3v) is 5.11. The van der Waals surface area contributed by atoms with E-state index < -0.39 is 6.04 Å². The van der Waals surface area contributed by atoms with Crippen molar-refractivity contribution in [3.63, 3.8) is 0 Å². The molecule has 7 heteroatoms. The normalized spacial score (nSPS) is 17.6. The van der Waals surface area contributed by atoms with Gasteiger partial charge in [0.25, 0.3) is 0 Å². The number of pyridine rings is 1. The number of aromatic nitrogens is 2. The van der Waals surface area contributed by atoms with Crippen LogP contribution >= 0.6 is 0 Å². The molecule has 1 fully saturated rings. The average molecular weight is 380 g/mol. The molecule has 3 aromatic rings. The summed E-state index contributed by atoms with van der Waals surface area (Å²) in [4.78, 5) is 33.2. The van der Waals surface area contributed by atoms with E-state index in [-0.39, 0.29) is 37.3 Å². The number of carbonyl (C=O) groups excluding carboxylic acids is 2. The first-order valence-electron chi connectivity index (χ1n) is 9.18. The Morgan fingerprint density at radius 3 is 2.75 bits per heavy atom. The number of fused-ring (bicyclic) bond motifs is 1. The number of halogens is 1. The van der Waals surface area contributed by atoms with Crippen LogP contribution in [0.15, 0.2) is 48.8 Å². The molecule has 2 amide bonds. The number of benzene rings is 1. The van der Waals surface area contributed by atoms with Crippen LogP contribution < -0.4 is 0 Å². The quantitative estimate of drug-likeness (QED) is 0.699. The van der Waals surface area contributed by atoms with E-state index in [1.165, 1.54) is 17.0 Å². The summed E-state index contributed by atoms with van der Waals surface area (Å²) in [6.45, 7) is 4.18. The lowest BCUT2D eigenvalue weighted by molar-refractivity contribution is -0.156. The van der Waals surface area contributed by atoms with E-state index in [0.717, 1.165) is 16.9 Å². The number of hydrogen-bond acceptors (Lipinski definition) is 3. The van der Waals surface area contributed by atoms with Gasteiger partial charge in [-0.25, -0.2) is 9.37 Å². The monoisotopic (exact) mass is 380 g/mol. The average Bonchev–Trinajstić information content (AvgIpc) is 3.07. The molecule has 0 unspecified atom stereocenters. The third kappa shape index (κ3) is 3.35. The molecule has 0 N–H and O–H groups in total. The van der Waals surface area contributed by atoms with Crippen LogP contribution in [-0.4, -0.2) is 43.6 Å². The topological polar surface area (TPSA) is 57.9 Å². The van der Waals surface area contributed by atoms with Crippen molar-refractivity contribution in [3.05, 3.63) is 71.4 Å². The number of amides is 2. The molecule has 1 aromatic carbocycles. The second kappa shape index (κ2) is 7.07. The van der Waals surface area contributed by atoms with Crippen LogP contribution in [0.2, 0.25) is 0 Å². The van der Waals surface area contributed by atoms with E-state index in [0.29, 0.717) is 5.56 Å². The van der Waals surface area contributed by atoms with Gasteiger partial charge in [-0.2, -0.15) is 0 Å². The van der Waals surface area contributed by atoms with Gasteiger partial charge in [0.1, 0.15) is 24.1 Å². The highest BCUT2D eigenvalue weighted by atomic mass is 19.1. The second-order valence-corrected chi connectivity index (χ2v) is 7.18. The standard InChI is InChI=1S/C21H21FN4O2/c1-14-5-4-8-24-11-18(23-20(14)24)12-26-15(2)21(28)25(13-19(26)27)10-16-6-3-7-17(22)9-16/h3-9,11,15H,10,12-13H2,1-2H3/t15-/m0/s1. The fourth-order valence-corrected chi connectivity index (χ4v) is 3.62. The van der Waals surface area contributed by atoms with Gasteiger partial charge in [-0.1, -0.05) is 18.2 Å². The summed E-state index contributed by atoms with van der Waals surface area (Å²) >= 11 is 0. The molecule has 0 spiro atoms. The minimum atomic E-state index is -0.597. The van der Waals surface area contributed by atoms with E-state index in [9.17, 15) is 14.0 Å². The summed E-state index contributed by atoms with van der Waals surface area (Å²) in [6, 6.07) is 9.41. The Labute approximate surface area is 162 Å². The zero-order valence-corrected chi connectivity index (χ0v) is 15.8. The SMILES string of the molecule is Cc1cccn2cc(CN3C(=O)CN(Cc4cccc(F)c4)C(=O)[C@@H]3C)nc12. The van der Waals surface area contributed by atoms with Crippen LogP contribution in [0.4, 0.5) is 4.39 Å². The van der Waals surface area contributed by atoms with Crippen LogP contribution in [0.1, 0.15) is 23.7 Å². The molecule has 1 aliphatic rings. The van der Waals surface area contributed by atoms with Crippen LogP contribution in [0, 0.1) is 12.7 Å². The number of aryl methyl sites for hydroxylation is 1. The molecule has 1 aliphatic heterocycles. The van der Waals surface area contributed by atoms with Crippen molar-refractivity contribution in [2.24, 2.45) is 0 Å². The summed E-state index contributed by atoms with van der Waals surface area (Å²) < 4.78 is 15.3. The lowest BCUT2D eigenvalue weighted by Gasteiger charge is -2.38. The Morgan fingerprint density at radius 1 is 1.18 bits per heavy atom. The molecule has 3 heterocycles. The molecular weight excluding hydrogens is 359 g/mol. The number of piperazine rings is 1. The second-order valence-electron chi connectivity index (χ2n) is 7.18. The van der Waals surface area contributed by atoms with E-state index in [1.54, 1.807) is 24.0 Å². The Hall–Kier alpha value is -3.22. The van der Waals surface area contributed by atoms with E-state index >= 15 is 0 Å². The first-order chi connectivity index (χ1) is 13.4. The van der Waals surface area contributed by atoms with Gasteiger partial charge in [0.15, 0.2) is 0 Å². The summed E-state index contributed by atoms with van der Waals surface area (Å²) in [5.41, 5.74) is 3.29. The van der Waals surface area contributed by atoms with Gasteiger partial charge in [0, 0.05) is 18.9 Å². The van der Waals surface area contributed by atoms with Gasteiger partial charge < -0.3 is 14.2 Å². The van der Waals surface area contributed by atoms with Gasteiger partial charge in [-0.15, -0.1) is 0 Å². The number of nitrogens with zero attached hydrogens (tertiary/aromatic N) is 4. The predicted molar refractivity (Wildman–Crippen MR) is 102 cm³/mol. The van der Waals surface area contributed by atoms with Crippen LogP contribution in [-0.2, 0) is 22.7 Å².